The molecule has 116 valence electrons. The lowest BCUT2D eigenvalue weighted by Gasteiger charge is -2.06. The lowest BCUT2D eigenvalue weighted by molar-refractivity contribution is -0.112. The normalized spacial score (nSPS) is 10.7. The van der Waals surface area contributed by atoms with Crippen LogP contribution in [0.3, 0.4) is 0 Å². The van der Waals surface area contributed by atoms with Crippen LogP contribution in [0.15, 0.2) is 42.6 Å². The smallest absolute Gasteiger partial charge is 0.297 e. The van der Waals surface area contributed by atoms with Gasteiger partial charge in [0.05, 0.1) is 5.56 Å². The summed E-state index contributed by atoms with van der Waals surface area (Å²) in [7, 11) is 0. The van der Waals surface area contributed by atoms with Crippen LogP contribution in [0.4, 0.5) is 18.9 Å². The fourth-order valence-corrected chi connectivity index (χ4v) is 2.19. The summed E-state index contributed by atoms with van der Waals surface area (Å²) in [5.41, 5.74) is -0.342. The topological polar surface area (TPSA) is 62.0 Å². The number of Topliss-reactive ketones (excluding diaryl/α,β-unsaturated/α-hetero) is 1. The van der Waals surface area contributed by atoms with E-state index in [9.17, 15) is 22.8 Å². The van der Waals surface area contributed by atoms with Gasteiger partial charge in [0.1, 0.15) is 23.1 Å². The van der Waals surface area contributed by atoms with Gasteiger partial charge in [0.25, 0.3) is 11.7 Å². The highest BCUT2D eigenvalue weighted by molar-refractivity contribution is 6.48. The molecule has 7 heteroatoms. The number of aromatic nitrogens is 1. The number of para-hydroxylation sites is 1. The first-order valence-corrected chi connectivity index (χ1v) is 6.53. The molecule has 0 aliphatic carbocycles. The number of aromatic amines is 1. The van der Waals surface area contributed by atoms with Crippen molar-refractivity contribution in [3.8, 4) is 0 Å². The van der Waals surface area contributed by atoms with Crippen molar-refractivity contribution in [1.29, 1.82) is 0 Å². The van der Waals surface area contributed by atoms with Gasteiger partial charge in [-0.05, 0) is 30.3 Å². The van der Waals surface area contributed by atoms with Crippen molar-refractivity contribution in [2.45, 2.75) is 0 Å². The summed E-state index contributed by atoms with van der Waals surface area (Å²) in [6, 6.07) is 6.73. The molecule has 2 aromatic carbocycles. The summed E-state index contributed by atoms with van der Waals surface area (Å²) in [5.74, 6) is -4.84. The largest absolute Gasteiger partial charge is 0.360 e. The number of rotatable bonds is 3. The second-order valence-electron chi connectivity index (χ2n) is 4.77. The molecule has 0 spiro atoms. The van der Waals surface area contributed by atoms with Gasteiger partial charge < -0.3 is 10.3 Å². The molecule has 0 bridgehead atoms. The number of amides is 1. The molecule has 0 aliphatic heterocycles. The maximum absolute atomic E-state index is 13.5. The Morgan fingerprint density at radius 2 is 1.70 bits per heavy atom. The van der Waals surface area contributed by atoms with Crippen molar-refractivity contribution in [2.24, 2.45) is 0 Å². The molecule has 23 heavy (non-hydrogen) atoms. The van der Waals surface area contributed by atoms with Gasteiger partial charge in [0.15, 0.2) is 0 Å². The molecule has 1 heterocycles. The van der Waals surface area contributed by atoms with Gasteiger partial charge in [0, 0.05) is 17.1 Å². The average Bonchev–Trinajstić information content (AvgIpc) is 2.93. The third kappa shape index (κ3) is 2.68. The molecule has 1 aromatic heterocycles. The van der Waals surface area contributed by atoms with Crippen molar-refractivity contribution < 1.29 is 22.8 Å². The van der Waals surface area contributed by atoms with E-state index in [-0.39, 0.29) is 10.9 Å². The van der Waals surface area contributed by atoms with Crippen LogP contribution < -0.4 is 5.32 Å². The Kier molecular flexibility index (Phi) is 3.61. The van der Waals surface area contributed by atoms with Crippen molar-refractivity contribution >= 4 is 28.3 Å². The molecule has 0 fully saturated rings. The van der Waals surface area contributed by atoms with Gasteiger partial charge in [-0.1, -0.05) is 6.07 Å². The van der Waals surface area contributed by atoms with Crippen LogP contribution in [-0.4, -0.2) is 16.7 Å². The number of fused-ring (bicyclic) bond motifs is 1. The lowest BCUT2D eigenvalue weighted by Crippen LogP contribution is -2.24. The Morgan fingerprint density at radius 1 is 1.00 bits per heavy atom. The molecule has 2 N–H and O–H groups in total. The third-order valence-electron chi connectivity index (χ3n) is 3.30. The lowest BCUT2D eigenvalue weighted by atomic mass is 10.1. The number of hydrogen-bond donors (Lipinski definition) is 2. The van der Waals surface area contributed by atoms with E-state index in [4.69, 9.17) is 0 Å². The van der Waals surface area contributed by atoms with Crippen LogP contribution in [0.5, 0.6) is 0 Å². The first-order valence-electron chi connectivity index (χ1n) is 6.53. The maximum Gasteiger partial charge on any atom is 0.297 e. The Labute approximate surface area is 127 Å². The number of nitrogens with one attached hydrogen (secondary N) is 2. The number of ketones is 1. The first-order chi connectivity index (χ1) is 11.0. The molecule has 3 rings (SSSR count). The summed E-state index contributed by atoms with van der Waals surface area (Å²) in [5, 5.41) is 2.11. The van der Waals surface area contributed by atoms with E-state index >= 15 is 0 Å². The standard InChI is InChI=1S/C16H9F3N2O2/c17-8-4-5-13-9(6-8)10(7-20-13)15(22)16(23)21-14-11(18)2-1-3-12(14)19/h1-7,20H,(H,21,23). The Balaban J connectivity index is 1.93. The van der Waals surface area contributed by atoms with Gasteiger partial charge in [0.2, 0.25) is 0 Å². The van der Waals surface area contributed by atoms with Gasteiger partial charge in [-0.15, -0.1) is 0 Å². The number of halogens is 3. The van der Waals surface area contributed by atoms with E-state index in [0.717, 1.165) is 24.3 Å². The SMILES string of the molecule is O=C(Nc1c(F)cccc1F)C(=O)c1c[nH]c2ccc(F)cc12. The number of carbonyl (C=O) groups is 2. The average molecular weight is 318 g/mol. The molecule has 0 saturated heterocycles. The van der Waals surface area contributed by atoms with E-state index < -0.39 is 34.8 Å². The monoisotopic (exact) mass is 318 g/mol. The Bertz CT molecular complexity index is 914. The number of carbonyl (C=O) groups excluding carboxylic acids is 2. The zero-order valence-electron chi connectivity index (χ0n) is 11.5. The third-order valence-corrected chi connectivity index (χ3v) is 3.30. The second kappa shape index (κ2) is 5.60. The van der Waals surface area contributed by atoms with Crippen LogP contribution in [-0.2, 0) is 4.79 Å². The van der Waals surface area contributed by atoms with Crippen molar-refractivity contribution in [3.63, 3.8) is 0 Å². The minimum atomic E-state index is -1.22. The van der Waals surface area contributed by atoms with Crippen molar-refractivity contribution in [1.82, 2.24) is 4.98 Å². The predicted octanol–water partition coefficient (Wildman–Crippen LogP) is 3.41. The molecule has 3 aromatic rings. The van der Waals surface area contributed by atoms with Crippen molar-refractivity contribution in [2.75, 3.05) is 5.32 Å². The fraction of sp³-hybridized carbons (Fsp3) is 0. The zero-order chi connectivity index (χ0) is 16.6. The first kappa shape index (κ1) is 14.8. The van der Waals surface area contributed by atoms with Gasteiger partial charge in [-0.3, -0.25) is 9.59 Å². The Hall–Kier alpha value is -3.09. The molecule has 0 radical (unpaired) electrons. The summed E-state index contributed by atoms with van der Waals surface area (Å²) in [6.45, 7) is 0. The fourth-order valence-electron chi connectivity index (χ4n) is 2.19. The quantitative estimate of drug-likeness (QED) is 0.574. The molecule has 4 nitrogen and oxygen atoms in total. The van der Waals surface area contributed by atoms with Gasteiger partial charge >= 0.3 is 0 Å². The number of benzene rings is 2. The highest BCUT2D eigenvalue weighted by Gasteiger charge is 2.22. The van der Waals surface area contributed by atoms with E-state index in [1.165, 1.54) is 18.3 Å². The molecule has 0 atom stereocenters. The van der Waals surface area contributed by atoms with E-state index in [1.807, 2.05) is 5.32 Å². The molecule has 0 saturated carbocycles. The Morgan fingerprint density at radius 3 is 2.39 bits per heavy atom. The van der Waals surface area contributed by atoms with E-state index in [0.29, 0.717) is 5.52 Å². The molecular formula is C16H9F3N2O2. The van der Waals surface area contributed by atoms with Crippen molar-refractivity contribution in [3.05, 3.63) is 65.6 Å². The predicted molar refractivity (Wildman–Crippen MR) is 77.6 cm³/mol. The number of hydrogen-bond acceptors (Lipinski definition) is 2. The summed E-state index contributed by atoms with van der Waals surface area (Å²) in [4.78, 5) is 26.8. The van der Waals surface area contributed by atoms with Crippen LogP contribution in [0.25, 0.3) is 10.9 Å². The van der Waals surface area contributed by atoms with Crippen LogP contribution in [0, 0.1) is 17.5 Å². The molecule has 1 amide bonds. The number of H-pyrrole nitrogens is 1. The summed E-state index contributed by atoms with van der Waals surface area (Å²) < 4.78 is 40.3. The summed E-state index contributed by atoms with van der Waals surface area (Å²) in [6.07, 6.45) is 1.24. The molecular weight excluding hydrogens is 309 g/mol. The van der Waals surface area contributed by atoms with Gasteiger partial charge in [-0.25, -0.2) is 13.2 Å². The van der Waals surface area contributed by atoms with E-state index in [1.54, 1.807) is 0 Å². The minimum absolute atomic E-state index is 0.0891. The minimum Gasteiger partial charge on any atom is -0.360 e. The highest BCUT2D eigenvalue weighted by atomic mass is 19.1. The van der Waals surface area contributed by atoms with E-state index in [2.05, 4.69) is 4.98 Å². The summed E-state index contributed by atoms with van der Waals surface area (Å²) >= 11 is 0. The highest BCUT2D eigenvalue weighted by Crippen LogP contribution is 2.22. The van der Waals surface area contributed by atoms with Crippen LogP contribution in [0.1, 0.15) is 10.4 Å². The molecule has 0 unspecified atom stereocenters. The van der Waals surface area contributed by atoms with Crippen LogP contribution >= 0.6 is 0 Å². The zero-order valence-corrected chi connectivity index (χ0v) is 11.5. The van der Waals surface area contributed by atoms with Gasteiger partial charge in [-0.2, -0.15) is 0 Å². The maximum atomic E-state index is 13.5. The number of anilines is 1. The molecule has 0 aliphatic rings. The second-order valence-corrected chi connectivity index (χ2v) is 4.77. The van der Waals surface area contributed by atoms with Crippen LogP contribution in [0.2, 0.25) is 0 Å².